The Morgan fingerprint density at radius 1 is 1.09 bits per heavy atom. The molecule has 0 bridgehead atoms. The van der Waals surface area contributed by atoms with Crippen LogP contribution in [0.1, 0.15) is 39.1 Å². The summed E-state index contributed by atoms with van der Waals surface area (Å²) in [5.74, 6) is 0.600. The van der Waals surface area contributed by atoms with E-state index in [1.165, 1.54) is 6.26 Å². The summed E-state index contributed by atoms with van der Waals surface area (Å²) in [6, 6.07) is 18.2. The molecule has 0 unspecified atom stereocenters. The molecular formula is C25H23BrN4O4. The number of aromatic nitrogens is 2. The van der Waals surface area contributed by atoms with Gasteiger partial charge in [-0.1, -0.05) is 28.1 Å². The number of aryl methyl sites for hydroxylation is 1. The molecule has 0 saturated heterocycles. The fraction of sp³-hybridized carbons (Fsp3) is 0.160. The van der Waals surface area contributed by atoms with Crippen molar-refractivity contribution in [1.82, 2.24) is 15.1 Å². The van der Waals surface area contributed by atoms with Crippen LogP contribution in [0.4, 0.5) is 5.69 Å². The van der Waals surface area contributed by atoms with Crippen molar-refractivity contribution < 1.29 is 18.7 Å². The van der Waals surface area contributed by atoms with Crippen molar-refractivity contribution in [3.8, 4) is 5.75 Å². The predicted octanol–water partition coefficient (Wildman–Crippen LogP) is 5.02. The highest BCUT2D eigenvalue weighted by molar-refractivity contribution is 9.10. The molecule has 0 aliphatic heterocycles. The van der Waals surface area contributed by atoms with Crippen LogP contribution >= 0.6 is 15.9 Å². The monoisotopic (exact) mass is 522 g/mol. The number of amides is 2. The van der Waals surface area contributed by atoms with Gasteiger partial charge in [0, 0.05) is 22.8 Å². The van der Waals surface area contributed by atoms with Gasteiger partial charge in [0.1, 0.15) is 18.1 Å². The second-order valence-electron chi connectivity index (χ2n) is 7.41. The van der Waals surface area contributed by atoms with Crippen LogP contribution in [0, 0.1) is 0 Å². The zero-order valence-corrected chi connectivity index (χ0v) is 20.0. The smallest absolute Gasteiger partial charge is 0.274 e. The number of halogens is 1. The Hall–Kier alpha value is -3.85. The normalized spacial score (nSPS) is 10.6. The first kappa shape index (κ1) is 23.3. The number of anilines is 1. The van der Waals surface area contributed by atoms with Gasteiger partial charge in [-0.3, -0.25) is 14.3 Å². The third-order valence-corrected chi connectivity index (χ3v) is 5.49. The summed E-state index contributed by atoms with van der Waals surface area (Å²) in [6.07, 6.45) is 3.18. The first-order chi connectivity index (χ1) is 16.5. The van der Waals surface area contributed by atoms with Crippen LogP contribution in [0.2, 0.25) is 0 Å². The Balaban J connectivity index is 1.43. The van der Waals surface area contributed by atoms with Crippen LogP contribution in [0.25, 0.3) is 0 Å². The SMILES string of the molecule is CCn1cc(NC(=O)c2cccc(COc3ccc(Br)cc3)c2)c(C(=O)NCc2ccco2)n1. The van der Waals surface area contributed by atoms with Gasteiger partial charge >= 0.3 is 0 Å². The fourth-order valence-electron chi connectivity index (χ4n) is 3.20. The highest BCUT2D eigenvalue weighted by Gasteiger charge is 2.19. The van der Waals surface area contributed by atoms with Crippen molar-refractivity contribution in [2.45, 2.75) is 26.6 Å². The number of nitrogens with zero attached hydrogens (tertiary/aromatic N) is 2. The minimum absolute atomic E-state index is 0.136. The third-order valence-electron chi connectivity index (χ3n) is 4.96. The maximum Gasteiger partial charge on any atom is 0.274 e. The van der Waals surface area contributed by atoms with E-state index in [1.807, 2.05) is 37.3 Å². The summed E-state index contributed by atoms with van der Waals surface area (Å²) < 4.78 is 13.6. The van der Waals surface area contributed by atoms with Crippen molar-refractivity contribution >= 4 is 33.4 Å². The van der Waals surface area contributed by atoms with E-state index < -0.39 is 5.91 Å². The highest BCUT2D eigenvalue weighted by Crippen LogP contribution is 2.19. The standard InChI is InChI=1S/C25H23BrN4O4/c1-2-30-15-22(23(29-30)25(32)27-14-21-7-4-12-33-21)28-24(31)18-6-3-5-17(13-18)16-34-20-10-8-19(26)9-11-20/h3-13,15H,2,14,16H2,1H3,(H,27,32)(H,28,31). The molecule has 2 aromatic heterocycles. The molecule has 4 aromatic rings. The van der Waals surface area contributed by atoms with Crippen molar-refractivity contribution in [2.75, 3.05) is 5.32 Å². The molecule has 0 spiro atoms. The van der Waals surface area contributed by atoms with E-state index in [0.717, 1.165) is 15.8 Å². The van der Waals surface area contributed by atoms with Gasteiger partial charge in [0.15, 0.2) is 5.69 Å². The summed E-state index contributed by atoms with van der Waals surface area (Å²) >= 11 is 3.40. The molecule has 4 rings (SSSR count). The Kier molecular flexibility index (Phi) is 7.44. The van der Waals surface area contributed by atoms with E-state index in [0.29, 0.717) is 30.2 Å². The molecule has 2 heterocycles. The summed E-state index contributed by atoms with van der Waals surface area (Å²) in [7, 11) is 0. The second kappa shape index (κ2) is 10.8. The molecule has 2 N–H and O–H groups in total. The molecule has 0 atom stereocenters. The predicted molar refractivity (Wildman–Crippen MR) is 131 cm³/mol. The number of carbonyl (C=O) groups excluding carboxylic acids is 2. The number of rotatable bonds is 9. The minimum atomic E-state index is -0.407. The average Bonchev–Trinajstić information content (AvgIpc) is 3.52. The first-order valence-electron chi connectivity index (χ1n) is 10.7. The fourth-order valence-corrected chi connectivity index (χ4v) is 3.47. The lowest BCUT2D eigenvalue weighted by Gasteiger charge is -2.09. The van der Waals surface area contributed by atoms with Crippen LogP contribution in [0.3, 0.4) is 0 Å². The average molecular weight is 523 g/mol. The topological polar surface area (TPSA) is 98.4 Å². The molecule has 0 saturated carbocycles. The molecule has 2 aromatic carbocycles. The molecule has 8 nitrogen and oxygen atoms in total. The van der Waals surface area contributed by atoms with Crippen molar-refractivity contribution in [2.24, 2.45) is 0 Å². The van der Waals surface area contributed by atoms with E-state index >= 15 is 0 Å². The number of hydrogen-bond acceptors (Lipinski definition) is 5. The van der Waals surface area contributed by atoms with Gasteiger partial charge in [-0.15, -0.1) is 0 Å². The quantitative estimate of drug-likeness (QED) is 0.321. The maximum absolute atomic E-state index is 13.0. The third kappa shape index (κ3) is 5.93. The first-order valence-corrected chi connectivity index (χ1v) is 11.5. The van der Waals surface area contributed by atoms with Crippen molar-refractivity contribution in [3.05, 3.63) is 100 Å². The number of hydrogen-bond donors (Lipinski definition) is 2. The molecule has 0 radical (unpaired) electrons. The Morgan fingerprint density at radius 3 is 2.65 bits per heavy atom. The summed E-state index contributed by atoms with van der Waals surface area (Å²) in [4.78, 5) is 25.7. The molecule has 2 amide bonds. The Bertz CT molecular complexity index is 1270. The van der Waals surface area contributed by atoms with Crippen LogP contribution in [-0.4, -0.2) is 21.6 Å². The highest BCUT2D eigenvalue weighted by atomic mass is 79.9. The largest absolute Gasteiger partial charge is 0.489 e. The van der Waals surface area contributed by atoms with Gasteiger partial charge in [0.25, 0.3) is 11.8 Å². The van der Waals surface area contributed by atoms with E-state index in [2.05, 4.69) is 31.7 Å². The van der Waals surface area contributed by atoms with Crippen molar-refractivity contribution in [3.63, 3.8) is 0 Å². The minimum Gasteiger partial charge on any atom is -0.489 e. The summed E-state index contributed by atoms with van der Waals surface area (Å²) in [6.45, 7) is 2.99. The zero-order valence-electron chi connectivity index (χ0n) is 18.5. The molecule has 9 heteroatoms. The van der Waals surface area contributed by atoms with Gasteiger partial charge in [-0.25, -0.2) is 0 Å². The van der Waals surface area contributed by atoms with Crippen LogP contribution < -0.4 is 15.4 Å². The Labute approximate surface area is 205 Å². The maximum atomic E-state index is 13.0. The lowest BCUT2D eigenvalue weighted by atomic mass is 10.1. The molecule has 174 valence electrons. The van der Waals surface area contributed by atoms with Crippen LogP contribution in [-0.2, 0) is 19.7 Å². The van der Waals surface area contributed by atoms with E-state index in [1.54, 1.807) is 41.2 Å². The second-order valence-corrected chi connectivity index (χ2v) is 8.32. The molecule has 34 heavy (non-hydrogen) atoms. The number of ether oxygens (including phenoxy) is 1. The van der Waals surface area contributed by atoms with Gasteiger partial charge in [-0.05, 0) is 61.0 Å². The van der Waals surface area contributed by atoms with Crippen LogP contribution in [0.15, 0.2) is 82.0 Å². The van der Waals surface area contributed by atoms with Crippen molar-refractivity contribution in [1.29, 1.82) is 0 Å². The molecular weight excluding hydrogens is 500 g/mol. The van der Waals surface area contributed by atoms with E-state index in [9.17, 15) is 9.59 Å². The molecule has 0 fully saturated rings. The summed E-state index contributed by atoms with van der Waals surface area (Å²) in [5.41, 5.74) is 1.76. The lowest BCUT2D eigenvalue weighted by molar-refractivity contribution is 0.0943. The number of furan rings is 1. The summed E-state index contributed by atoms with van der Waals surface area (Å²) in [5, 5.41) is 9.87. The van der Waals surface area contributed by atoms with Crippen LogP contribution in [0.5, 0.6) is 5.75 Å². The molecule has 0 aliphatic carbocycles. The van der Waals surface area contributed by atoms with Gasteiger partial charge in [-0.2, -0.15) is 5.10 Å². The number of benzene rings is 2. The zero-order chi connectivity index (χ0) is 23.9. The number of nitrogens with one attached hydrogen (secondary N) is 2. The van der Waals surface area contributed by atoms with Gasteiger partial charge in [0.05, 0.1) is 18.5 Å². The van der Waals surface area contributed by atoms with Gasteiger partial charge < -0.3 is 19.8 Å². The van der Waals surface area contributed by atoms with E-state index in [-0.39, 0.29) is 18.1 Å². The number of carbonyl (C=O) groups is 2. The lowest BCUT2D eigenvalue weighted by Crippen LogP contribution is -2.25. The Morgan fingerprint density at radius 2 is 1.91 bits per heavy atom. The van der Waals surface area contributed by atoms with E-state index in [4.69, 9.17) is 9.15 Å². The van der Waals surface area contributed by atoms with Gasteiger partial charge in [0.2, 0.25) is 0 Å². The molecule has 0 aliphatic rings.